The number of halogens is 2. The van der Waals surface area contributed by atoms with Gasteiger partial charge in [-0.2, -0.15) is 0 Å². The second kappa shape index (κ2) is 10.8. The predicted molar refractivity (Wildman–Crippen MR) is 130 cm³/mol. The SMILES string of the molecule is COc1ccc(Cl)c2sc(N(CCN(C)C)C(=O)CCCS(=O)(=O)c3ccc(F)cc3)nc12. The van der Waals surface area contributed by atoms with Gasteiger partial charge in [0.1, 0.15) is 17.1 Å². The molecule has 178 valence electrons. The molecule has 3 rings (SSSR count). The lowest BCUT2D eigenvalue weighted by atomic mass is 10.3. The Labute approximate surface area is 201 Å². The van der Waals surface area contributed by atoms with Crippen LogP contribution in [-0.4, -0.2) is 64.3 Å². The lowest BCUT2D eigenvalue weighted by Crippen LogP contribution is -2.36. The van der Waals surface area contributed by atoms with Crippen molar-refractivity contribution < 1.29 is 22.3 Å². The second-order valence-corrected chi connectivity index (χ2v) is 11.1. The topological polar surface area (TPSA) is 79.8 Å². The molecule has 0 fully saturated rings. The van der Waals surface area contributed by atoms with E-state index in [4.69, 9.17) is 16.3 Å². The van der Waals surface area contributed by atoms with E-state index in [2.05, 4.69) is 4.98 Å². The highest BCUT2D eigenvalue weighted by molar-refractivity contribution is 7.91. The van der Waals surface area contributed by atoms with Crippen molar-refractivity contribution in [3.05, 3.63) is 47.2 Å². The van der Waals surface area contributed by atoms with Crippen LogP contribution >= 0.6 is 22.9 Å². The van der Waals surface area contributed by atoms with Crippen LogP contribution in [0.15, 0.2) is 41.3 Å². The highest BCUT2D eigenvalue weighted by Crippen LogP contribution is 2.38. The number of carbonyl (C=O) groups excluding carboxylic acids is 1. The zero-order valence-corrected chi connectivity index (χ0v) is 20.9. The number of fused-ring (bicyclic) bond motifs is 1. The van der Waals surface area contributed by atoms with Crippen molar-refractivity contribution in [2.45, 2.75) is 17.7 Å². The number of likely N-dealkylation sites (N-methyl/N-ethyl adjacent to an activating group) is 1. The van der Waals surface area contributed by atoms with E-state index < -0.39 is 15.7 Å². The third-order valence-corrected chi connectivity index (χ3v) is 8.30. The summed E-state index contributed by atoms with van der Waals surface area (Å²) in [5.74, 6) is -0.401. The highest BCUT2D eigenvalue weighted by atomic mass is 35.5. The first-order chi connectivity index (χ1) is 15.6. The molecule has 1 heterocycles. The van der Waals surface area contributed by atoms with Crippen molar-refractivity contribution in [3.8, 4) is 5.75 Å². The Bertz CT molecular complexity index is 1230. The Hall–Kier alpha value is -2.27. The van der Waals surface area contributed by atoms with Crippen LogP contribution in [0.2, 0.25) is 5.02 Å². The van der Waals surface area contributed by atoms with Gasteiger partial charge in [-0.1, -0.05) is 22.9 Å². The molecular formula is C22H25ClFN3O4S2. The van der Waals surface area contributed by atoms with E-state index in [0.717, 1.165) is 12.1 Å². The normalized spacial score (nSPS) is 11.8. The lowest BCUT2D eigenvalue weighted by Gasteiger charge is -2.22. The zero-order valence-electron chi connectivity index (χ0n) is 18.5. The predicted octanol–water partition coefficient (Wildman–Crippen LogP) is 4.25. The molecule has 0 radical (unpaired) electrons. The van der Waals surface area contributed by atoms with Crippen LogP contribution in [0.3, 0.4) is 0 Å². The summed E-state index contributed by atoms with van der Waals surface area (Å²) in [5, 5.41) is 0.990. The number of aromatic nitrogens is 1. The third-order valence-electron chi connectivity index (χ3n) is 4.95. The summed E-state index contributed by atoms with van der Waals surface area (Å²) in [6.45, 7) is 0.983. The average molecular weight is 514 g/mol. The standard InChI is InChI=1S/C22H25ClFN3O4S2/c1-26(2)12-13-27(22-25-20-18(31-3)11-10-17(23)21(20)32-22)19(28)5-4-14-33(29,30)16-8-6-15(24)7-9-16/h6-11H,4-5,12-14H2,1-3H3. The summed E-state index contributed by atoms with van der Waals surface area (Å²) in [7, 11) is 1.72. The fourth-order valence-electron chi connectivity index (χ4n) is 3.16. The van der Waals surface area contributed by atoms with E-state index in [1.165, 1.54) is 30.6 Å². The van der Waals surface area contributed by atoms with Gasteiger partial charge in [0.15, 0.2) is 15.0 Å². The van der Waals surface area contributed by atoms with Gasteiger partial charge in [0.05, 0.1) is 27.5 Å². The molecule has 11 heteroatoms. The molecule has 1 aromatic heterocycles. The molecule has 1 amide bonds. The van der Waals surface area contributed by atoms with Crippen LogP contribution in [0, 0.1) is 5.82 Å². The van der Waals surface area contributed by atoms with Gasteiger partial charge in [-0.3, -0.25) is 9.69 Å². The lowest BCUT2D eigenvalue weighted by molar-refractivity contribution is -0.118. The minimum atomic E-state index is -3.62. The molecule has 0 unspecified atom stereocenters. The summed E-state index contributed by atoms with van der Waals surface area (Å²) in [4.78, 5) is 21.2. The molecular weight excluding hydrogens is 489 g/mol. The maximum atomic E-state index is 13.1. The summed E-state index contributed by atoms with van der Waals surface area (Å²) in [6, 6.07) is 8.11. The molecule has 2 aromatic carbocycles. The van der Waals surface area contributed by atoms with Crippen molar-refractivity contribution in [3.63, 3.8) is 0 Å². The first-order valence-corrected chi connectivity index (χ1v) is 13.0. The number of nitrogens with zero attached hydrogens (tertiary/aromatic N) is 3. The smallest absolute Gasteiger partial charge is 0.228 e. The number of amides is 1. The molecule has 0 bridgehead atoms. The van der Waals surface area contributed by atoms with Gasteiger partial charge in [0.2, 0.25) is 5.91 Å². The molecule has 0 aliphatic rings. The first-order valence-electron chi connectivity index (χ1n) is 10.2. The van der Waals surface area contributed by atoms with Crippen molar-refractivity contribution >= 4 is 54.0 Å². The number of anilines is 1. The van der Waals surface area contributed by atoms with Crippen LogP contribution in [0.4, 0.5) is 9.52 Å². The average Bonchev–Trinajstić information content (AvgIpc) is 3.20. The summed E-state index contributed by atoms with van der Waals surface area (Å²) < 4.78 is 44.2. The Kier molecular flexibility index (Phi) is 8.28. The van der Waals surface area contributed by atoms with Crippen LogP contribution < -0.4 is 9.64 Å². The number of sulfone groups is 1. The summed E-state index contributed by atoms with van der Waals surface area (Å²) in [6.07, 6.45) is 0.153. The second-order valence-electron chi connectivity index (χ2n) is 7.65. The maximum Gasteiger partial charge on any atom is 0.228 e. The summed E-state index contributed by atoms with van der Waals surface area (Å²) >= 11 is 7.61. The number of hydrogen-bond donors (Lipinski definition) is 0. The van der Waals surface area contributed by atoms with E-state index >= 15 is 0 Å². The van der Waals surface area contributed by atoms with Gasteiger partial charge in [0, 0.05) is 19.5 Å². The van der Waals surface area contributed by atoms with E-state index in [1.807, 2.05) is 19.0 Å². The van der Waals surface area contributed by atoms with Gasteiger partial charge in [0.25, 0.3) is 0 Å². The molecule has 7 nitrogen and oxygen atoms in total. The number of methoxy groups -OCH3 is 1. The first kappa shape index (κ1) is 25.4. The number of hydrogen-bond acceptors (Lipinski definition) is 7. The number of benzene rings is 2. The molecule has 0 aliphatic heterocycles. The number of ether oxygens (including phenoxy) is 1. The Balaban J connectivity index is 1.78. The molecule has 0 saturated heterocycles. The fraction of sp³-hybridized carbons (Fsp3) is 0.364. The largest absolute Gasteiger partial charge is 0.494 e. The summed E-state index contributed by atoms with van der Waals surface area (Å²) in [5.41, 5.74) is 0.576. The van der Waals surface area contributed by atoms with Crippen LogP contribution in [-0.2, 0) is 14.6 Å². The number of rotatable bonds is 10. The minimum absolute atomic E-state index is 0.0225. The highest BCUT2D eigenvalue weighted by Gasteiger charge is 2.23. The van der Waals surface area contributed by atoms with Gasteiger partial charge in [-0.15, -0.1) is 0 Å². The van der Waals surface area contributed by atoms with E-state index in [1.54, 1.807) is 17.0 Å². The maximum absolute atomic E-state index is 13.1. The molecule has 0 atom stereocenters. The van der Waals surface area contributed by atoms with E-state index in [0.29, 0.717) is 39.2 Å². The van der Waals surface area contributed by atoms with E-state index in [9.17, 15) is 17.6 Å². The van der Waals surface area contributed by atoms with Gasteiger partial charge in [-0.25, -0.2) is 17.8 Å². The van der Waals surface area contributed by atoms with Crippen LogP contribution in [0.1, 0.15) is 12.8 Å². The Morgan fingerprint density at radius 2 is 1.85 bits per heavy atom. The van der Waals surface area contributed by atoms with Gasteiger partial charge >= 0.3 is 0 Å². The van der Waals surface area contributed by atoms with Gasteiger partial charge < -0.3 is 9.64 Å². The number of thiazole rings is 1. The molecule has 0 N–H and O–H groups in total. The zero-order chi connectivity index (χ0) is 24.2. The monoisotopic (exact) mass is 513 g/mol. The van der Waals surface area contributed by atoms with Crippen molar-refractivity contribution in [1.82, 2.24) is 9.88 Å². The molecule has 33 heavy (non-hydrogen) atoms. The molecule has 0 aliphatic carbocycles. The van der Waals surface area contributed by atoms with Crippen molar-refractivity contribution in [2.75, 3.05) is 44.9 Å². The molecule has 0 saturated carbocycles. The van der Waals surface area contributed by atoms with Crippen molar-refractivity contribution in [1.29, 1.82) is 0 Å². The Morgan fingerprint density at radius 1 is 1.15 bits per heavy atom. The fourth-order valence-corrected chi connectivity index (χ4v) is 5.77. The quantitative estimate of drug-likeness (QED) is 0.377. The van der Waals surface area contributed by atoms with E-state index in [-0.39, 0.29) is 29.4 Å². The Morgan fingerprint density at radius 3 is 2.48 bits per heavy atom. The minimum Gasteiger partial charge on any atom is -0.494 e. The van der Waals surface area contributed by atoms with Crippen LogP contribution in [0.5, 0.6) is 5.75 Å². The molecule has 0 spiro atoms. The van der Waals surface area contributed by atoms with Crippen LogP contribution in [0.25, 0.3) is 10.2 Å². The third kappa shape index (κ3) is 6.20. The van der Waals surface area contributed by atoms with Crippen molar-refractivity contribution in [2.24, 2.45) is 0 Å². The van der Waals surface area contributed by atoms with Gasteiger partial charge in [-0.05, 0) is 56.9 Å². The number of carbonyl (C=O) groups is 1. The molecule has 3 aromatic rings.